The van der Waals surface area contributed by atoms with Crippen molar-refractivity contribution < 1.29 is 9.53 Å². The number of carbonyl (C=O) groups excluding carboxylic acids is 1. The molecule has 3 aromatic rings. The van der Waals surface area contributed by atoms with Crippen molar-refractivity contribution in [1.29, 1.82) is 0 Å². The summed E-state index contributed by atoms with van der Waals surface area (Å²) in [5.74, 6) is 0.503. The van der Waals surface area contributed by atoms with Gasteiger partial charge in [-0.05, 0) is 31.2 Å². The maximum Gasteiger partial charge on any atom is 0.263 e. The monoisotopic (exact) mass is 317 g/mol. The maximum absolute atomic E-state index is 11.8. The van der Waals surface area contributed by atoms with Gasteiger partial charge < -0.3 is 14.5 Å². The second-order valence-corrected chi connectivity index (χ2v) is 4.95. The van der Waals surface area contributed by atoms with Crippen LogP contribution in [-0.2, 0) is 4.79 Å². The van der Waals surface area contributed by atoms with Crippen molar-refractivity contribution in [2.24, 2.45) is 0 Å². The van der Waals surface area contributed by atoms with Gasteiger partial charge in [0.2, 0.25) is 0 Å². The van der Waals surface area contributed by atoms with E-state index in [9.17, 15) is 4.79 Å². The molecule has 0 radical (unpaired) electrons. The number of pyridine rings is 1. The fourth-order valence-electron chi connectivity index (χ4n) is 1.93. The van der Waals surface area contributed by atoms with Crippen LogP contribution in [0.25, 0.3) is 5.65 Å². The first kappa shape index (κ1) is 14.3. The lowest BCUT2D eigenvalue weighted by Gasteiger charge is -2.07. The third-order valence-electron chi connectivity index (χ3n) is 2.83. The summed E-state index contributed by atoms with van der Waals surface area (Å²) >= 11 is 5.63. The van der Waals surface area contributed by atoms with E-state index in [4.69, 9.17) is 16.3 Å². The highest BCUT2D eigenvalue weighted by atomic mass is 35.5. The molecule has 3 aromatic heterocycles. The average molecular weight is 318 g/mol. The number of halogens is 1. The van der Waals surface area contributed by atoms with Crippen LogP contribution in [0.3, 0.4) is 0 Å². The number of anilines is 1. The Morgan fingerprint density at radius 1 is 1.36 bits per heavy atom. The Bertz CT molecular complexity index is 816. The molecular formula is C14H12ClN5O2. The largest absolute Gasteiger partial charge is 0.480 e. The highest BCUT2D eigenvalue weighted by Crippen LogP contribution is 2.18. The van der Waals surface area contributed by atoms with Gasteiger partial charge in [0.25, 0.3) is 5.91 Å². The Morgan fingerprint density at radius 3 is 3.00 bits per heavy atom. The van der Waals surface area contributed by atoms with E-state index < -0.39 is 0 Å². The molecule has 0 bridgehead atoms. The molecule has 3 heterocycles. The second-order valence-electron chi connectivity index (χ2n) is 4.56. The van der Waals surface area contributed by atoms with E-state index in [-0.39, 0.29) is 17.7 Å². The summed E-state index contributed by atoms with van der Waals surface area (Å²) in [6, 6.07) is 6.69. The van der Waals surface area contributed by atoms with Crippen LogP contribution >= 0.6 is 11.6 Å². The summed E-state index contributed by atoms with van der Waals surface area (Å²) < 4.78 is 7.36. The molecular weight excluding hydrogens is 306 g/mol. The lowest BCUT2D eigenvalue weighted by Crippen LogP contribution is -2.21. The molecule has 0 aliphatic heterocycles. The number of hydrogen-bond donors (Lipinski definition) is 1. The third-order valence-corrected chi connectivity index (χ3v) is 3.03. The number of amides is 1. The van der Waals surface area contributed by atoms with E-state index in [1.807, 2.05) is 29.8 Å². The van der Waals surface area contributed by atoms with E-state index in [0.717, 1.165) is 5.69 Å². The van der Waals surface area contributed by atoms with Crippen LogP contribution in [0.1, 0.15) is 5.69 Å². The van der Waals surface area contributed by atoms with Crippen molar-refractivity contribution in [3.8, 4) is 5.75 Å². The Morgan fingerprint density at radius 2 is 2.23 bits per heavy atom. The van der Waals surface area contributed by atoms with Crippen LogP contribution < -0.4 is 10.1 Å². The summed E-state index contributed by atoms with van der Waals surface area (Å²) in [6.45, 7) is 1.73. The molecule has 3 rings (SSSR count). The smallest absolute Gasteiger partial charge is 0.263 e. The van der Waals surface area contributed by atoms with Crippen molar-refractivity contribution in [2.75, 3.05) is 11.9 Å². The van der Waals surface area contributed by atoms with Crippen molar-refractivity contribution >= 4 is 29.0 Å². The van der Waals surface area contributed by atoms with Gasteiger partial charge in [0.05, 0.1) is 5.69 Å². The Hall–Kier alpha value is -2.67. The Labute approximate surface area is 130 Å². The van der Waals surface area contributed by atoms with Crippen molar-refractivity contribution in [1.82, 2.24) is 19.6 Å². The summed E-state index contributed by atoms with van der Waals surface area (Å²) in [7, 11) is 0. The van der Waals surface area contributed by atoms with Crippen LogP contribution in [0.5, 0.6) is 5.75 Å². The van der Waals surface area contributed by atoms with E-state index in [0.29, 0.717) is 17.2 Å². The average Bonchev–Trinajstić information content (AvgIpc) is 2.88. The van der Waals surface area contributed by atoms with Gasteiger partial charge in [-0.25, -0.2) is 4.98 Å². The van der Waals surface area contributed by atoms with Gasteiger partial charge >= 0.3 is 0 Å². The lowest BCUT2D eigenvalue weighted by atomic mass is 10.4. The summed E-state index contributed by atoms with van der Waals surface area (Å²) in [5, 5.41) is 10.2. The molecule has 1 amide bonds. The van der Waals surface area contributed by atoms with Gasteiger partial charge in [-0.2, -0.15) is 0 Å². The first-order valence-corrected chi connectivity index (χ1v) is 6.86. The molecule has 112 valence electrons. The molecule has 0 atom stereocenters. The van der Waals surface area contributed by atoms with E-state index in [1.165, 1.54) is 0 Å². The molecule has 0 aromatic carbocycles. The fourth-order valence-corrected chi connectivity index (χ4v) is 2.03. The number of rotatable bonds is 4. The summed E-state index contributed by atoms with van der Waals surface area (Å²) in [4.78, 5) is 16.2. The molecule has 0 saturated carbocycles. The predicted octanol–water partition coefficient (Wildman–Crippen LogP) is 2.10. The maximum atomic E-state index is 11.8. The summed E-state index contributed by atoms with van der Waals surface area (Å²) in [5.41, 5.74) is 1.54. The first-order valence-electron chi connectivity index (χ1n) is 6.48. The molecule has 0 aliphatic carbocycles. The minimum atomic E-state index is -0.345. The van der Waals surface area contributed by atoms with Crippen LogP contribution in [0.2, 0.25) is 5.15 Å². The van der Waals surface area contributed by atoms with Gasteiger partial charge in [-0.1, -0.05) is 11.6 Å². The van der Waals surface area contributed by atoms with Crippen molar-refractivity contribution in [2.45, 2.75) is 6.92 Å². The number of ether oxygens (including phenoxy) is 1. The van der Waals surface area contributed by atoms with Crippen molar-refractivity contribution in [3.63, 3.8) is 0 Å². The standard InChI is InChI=1S/C14H12ClN5O2/c1-9-7-20-6-2-3-10(14(20)16-9)22-8-13(21)17-12-5-4-11(15)18-19-12/h2-7H,8H2,1H3,(H,17,19,21). The number of hydrogen-bond acceptors (Lipinski definition) is 5. The van der Waals surface area contributed by atoms with Crippen LogP contribution in [0.15, 0.2) is 36.7 Å². The number of carbonyl (C=O) groups is 1. The molecule has 22 heavy (non-hydrogen) atoms. The highest BCUT2D eigenvalue weighted by Gasteiger charge is 2.09. The topological polar surface area (TPSA) is 81.4 Å². The molecule has 7 nitrogen and oxygen atoms in total. The lowest BCUT2D eigenvalue weighted by molar-refractivity contribution is -0.118. The molecule has 0 saturated heterocycles. The molecule has 1 N–H and O–H groups in total. The van der Waals surface area contributed by atoms with Crippen LogP contribution in [-0.4, -0.2) is 32.1 Å². The zero-order chi connectivity index (χ0) is 15.5. The zero-order valence-electron chi connectivity index (χ0n) is 11.7. The second kappa shape index (κ2) is 5.98. The zero-order valence-corrected chi connectivity index (χ0v) is 12.4. The van der Waals surface area contributed by atoms with E-state index in [2.05, 4.69) is 20.5 Å². The SMILES string of the molecule is Cc1cn2cccc(OCC(=O)Nc3ccc(Cl)nn3)c2n1. The minimum Gasteiger partial charge on any atom is -0.480 e. The predicted molar refractivity (Wildman–Crippen MR) is 81.1 cm³/mol. The van der Waals surface area contributed by atoms with Crippen molar-refractivity contribution in [3.05, 3.63) is 47.5 Å². The van der Waals surface area contributed by atoms with Gasteiger partial charge in [0.15, 0.2) is 29.0 Å². The quantitative estimate of drug-likeness (QED) is 0.797. The molecule has 8 heteroatoms. The number of nitrogens with zero attached hydrogens (tertiary/aromatic N) is 4. The van der Waals surface area contributed by atoms with Gasteiger partial charge in [-0.15, -0.1) is 10.2 Å². The van der Waals surface area contributed by atoms with Crippen LogP contribution in [0, 0.1) is 6.92 Å². The van der Waals surface area contributed by atoms with E-state index >= 15 is 0 Å². The fraction of sp³-hybridized carbons (Fsp3) is 0.143. The van der Waals surface area contributed by atoms with Gasteiger partial charge in [0.1, 0.15) is 0 Å². The normalized spacial score (nSPS) is 10.6. The molecule has 0 spiro atoms. The van der Waals surface area contributed by atoms with E-state index in [1.54, 1.807) is 18.2 Å². The number of nitrogens with one attached hydrogen (secondary N) is 1. The Balaban J connectivity index is 1.66. The minimum absolute atomic E-state index is 0.157. The number of aromatic nitrogens is 4. The number of imidazole rings is 1. The third kappa shape index (κ3) is 3.15. The number of aryl methyl sites for hydroxylation is 1. The molecule has 0 unspecified atom stereocenters. The molecule has 0 aliphatic rings. The number of fused-ring (bicyclic) bond motifs is 1. The van der Waals surface area contributed by atoms with Crippen LogP contribution in [0.4, 0.5) is 5.82 Å². The molecule has 0 fully saturated rings. The van der Waals surface area contributed by atoms with Gasteiger partial charge in [0, 0.05) is 12.4 Å². The first-order chi connectivity index (χ1) is 10.6. The van der Waals surface area contributed by atoms with Gasteiger partial charge in [-0.3, -0.25) is 4.79 Å². The Kier molecular flexibility index (Phi) is 3.88. The summed E-state index contributed by atoms with van der Waals surface area (Å²) in [6.07, 6.45) is 3.75. The highest BCUT2D eigenvalue weighted by molar-refractivity contribution is 6.29.